The summed E-state index contributed by atoms with van der Waals surface area (Å²) >= 11 is 0. The zero-order valence-corrected chi connectivity index (χ0v) is 37.9. The van der Waals surface area contributed by atoms with Crippen LogP contribution >= 0.6 is 0 Å². The zero-order chi connectivity index (χ0) is 45.9. The second kappa shape index (κ2) is 14.9. The molecule has 2 aliphatic rings. The number of hydrogen-bond acceptors (Lipinski definition) is 3. The van der Waals surface area contributed by atoms with E-state index in [1.165, 1.54) is 55.6 Å². The van der Waals surface area contributed by atoms with Gasteiger partial charge in [0.15, 0.2) is 0 Å². The monoisotopic (exact) mass is 891 g/mol. The van der Waals surface area contributed by atoms with Gasteiger partial charge in [0.25, 0.3) is 0 Å². The molecule has 2 aromatic heterocycles. The summed E-state index contributed by atoms with van der Waals surface area (Å²) in [5, 5.41) is 4.50. The van der Waals surface area contributed by atoms with Crippen molar-refractivity contribution in [1.82, 2.24) is 0 Å². The molecular weight excluding hydrogens is 851 g/mol. The number of nitrogens with zero attached hydrogens (tertiary/aromatic N) is 1. The summed E-state index contributed by atoms with van der Waals surface area (Å²) in [5.74, 6) is 0. The van der Waals surface area contributed by atoms with E-state index in [0.717, 1.165) is 83.2 Å². The topological polar surface area (TPSA) is 29.5 Å². The molecule has 2 heterocycles. The standard InChI is InChI=1S/C67H41NO2/c1-2-17-42(18-3-1)46-19-8-13-30-62(46)68(44-35-33-43(34-36-44)47-26-16-27-54-52-24-9-15-32-64(52)70-66(47)54)45-37-38-60-55(39-45)49-21-5-4-20-48(49)50-22-6-11-28-58(50)67(60)59-29-12-7-23-51(59)56-41-65-57(40-61(56)67)53-25-10-14-31-63(53)69-65/h1-41H. The lowest BCUT2D eigenvalue weighted by molar-refractivity contribution is 0.668. The van der Waals surface area contributed by atoms with Crippen LogP contribution in [-0.4, -0.2) is 0 Å². The highest BCUT2D eigenvalue weighted by atomic mass is 16.3. The summed E-state index contributed by atoms with van der Waals surface area (Å²) in [7, 11) is 0. The predicted molar refractivity (Wildman–Crippen MR) is 288 cm³/mol. The normalized spacial score (nSPS) is 14.3. The fourth-order valence-corrected chi connectivity index (χ4v) is 12.2. The molecule has 0 bridgehead atoms. The number of para-hydroxylation sites is 4. The predicted octanol–water partition coefficient (Wildman–Crippen LogP) is 18.3. The molecule has 0 saturated carbocycles. The van der Waals surface area contributed by atoms with Gasteiger partial charge in [-0.25, -0.2) is 0 Å². The molecule has 13 aromatic rings. The third-order valence-corrected chi connectivity index (χ3v) is 15.1. The molecule has 1 spiro atoms. The number of rotatable bonds is 5. The Kier molecular flexibility index (Phi) is 8.28. The summed E-state index contributed by atoms with van der Waals surface area (Å²) in [6, 6.07) is 90.9. The van der Waals surface area contributed by atoms with Crippen LogP contribution in [0.4, 0.5) is 17.1 Å². The zero-order valence-electron chi connectivity index (χ0n) is 37.9. The van der Waals surface area contributed by atoms with E-state index < -0.39 is 5.41 Å². The van der Waals surface area contributed by atoms with Crippen LogP contribution < -0.4 is 4.90 Å². The third kappa shape index (κ3) is 5.46. The van der Waals surface area contributed by atoms with Gasteiger partial charge in [-0.2, -0.15) is 0 Å². The van der Waals surface area contributed by atoms with Crippen LogP contribution in [0.25, 0.3) is 99.5 Å². The maximum absolute atomic E-state index is 6.60. The average Bonchev–Trinajstić information content (AvgIpc) is 4.08. The molecule has 3 nitrogen and oxygen atoms in total. The first-order valence-corrected chi connectivity index (χ1v) is 24.1. The molecule has 0 fully saturated rings. The average molecular weight is 892 g/mol. The molecule has 326 valence electrons. The van der Waals surface area contributed by atoms with Crippen molar-refractivity contribution in [2.24, 2.45) is 0 Å². The summed E-state index contributed by atoms with van der Waals surface area (Å²) in [5.41, 5.74) is 23.0. The molecule has 0 amide bonds. The Bertz CT molecular complexity index is 4250. The van der Waals surface area contributed by atoms with Crippen LogP contribution in [0.15, 0.2) is 258 Å². The van der Waals surface area contributed by atoms with Gasteiger partial charge in [0.1, 0.15) is 22.3 Å². The molecule has 0 aliphatic heterocycles. The molecule has 70 heavy (non-hydrogen) atoms. The summed E-state index contributed by atoms with van der Waals surface area (Å²) in [6.07, 6.45) is 0. The lowest BCUT2D eigenvalue weighted by Crippen LogP contribution is -2.29. The van der Waals surface area contributed by atoms with Crippen LogP contribution in [0, 0.1) is 0 Å². The fraction of sp³-hybridized carbons (Fsp3) is 0.0149. The molecule has 0 N–H and O–H groups in total. The number of benzene rings is 11. The fourth-order valence-electron chi connectivity index (χ4n) is 12.2. The second-order valence-electron chi connectivity index (χ2n) is 18.7. The van der Waals surface area contributed by atoms with E-state index >= 15 is 0 Å². The third-order valence-electron chi connectivity index (χ3n) is 15.1. The Balaban J connectivity index is 0.997. The number of furan rings is 2. The molecule has 1 unspecified atom stereocenters. The van der Waals surface area contributed by atoms with Crippen molar-refractivity contribution in [3.05, 3.63) is 271 Å². The number of fused-ring (bicyclic) bond motifs is 18. The molecule has 0 radical (unpaired) electrons. The van der Waals surface area contributed by atoms with Gasteiger partial charge < -0.3 is 13.7 Å². The Labute approximate surface area is 404 Å². The van der Waals surface area contributed by atoms with Gasteiger partial charge in [-0.3, -0.25) is 0 Å². The van der Waals surface area contributed by atoms with Gasteiger partial charge in [0, 0.05) is 44.0 Å². The van der Waals surface area contributed by atoms with Gasteiger partial charge in [0.05, 0.1) is 11.1 Å². The van der Waals surface area contributed by atoms with E-state index in [0.29, 0.717) is 0 Å². The highest BCUT2D eigenvalue weighted by molar-refractivity contribution is 6.11. The van der Waals surface area contributed by atoms with Crippen LogP contribution in [0.2, 0.25) is 0 Å². The van der Waals surface area contributed by atoms with Crippen LogP contribution in [0.3, 0.4) is 0 Å². The smallest absolute Gasteiger partial charge is 0.143 e. The van der Waals surface area contributed by atoms with Gasteiger partial charge >= 0.3 is 0 Å². The maximum atomic E-state index is 6.60. The summed E-state index contributed by atoms with van der Waals surface area (Å²) in [6.45, 7) is 0. The first-order valence-electron chi connectivity index (χ1n) is 24.1. The van der Waals surface area contributed by atoms with E-state index in [2.05, 4.69) is 241 Å². The minimum Gasteiger partial charge on any atom is -0.456 e. The molecule has 2 aliphatic carbocycles. The van der Waals surface area contributed by atoms with Gasteiger partial charge in [0.2, 0.25) is 0 Å². The van der Waals surface area contributed by atoms with Crippen molar-refractivity contribution >= 4 is 60.9 Å². The maximum Gasteiger partial charge on any atom is 0.143 e. The molecule has 3 heteroatoms. The van der Waals surface area contributed by atoms with E-state index in [9.17, 15) is 0 Å². The molecular formula is C67H41NO2. The SMILES string of the molecule is c1ccc(-c2ccccc2N(c2ccc(-c3cccc4c3oc3ccccc34)cc2)c2ccc3c(c2)-c2ccccc2-c2ccccc2C32c3ccccc3-c3cc4oc5ccccc5c4cc32)cc1. The van der Waals surface area contributed by atoms with Crippen molar-refractivity contribution in [2.45, 2.75) is 5.41 Å². The molecule has 1 atom stereocenters. The summed E-state index contributed by atoms with van der Waals surface area (Å²) < 4.78 is 13.1. The Morgan fingerprint density at radius 3 is 1.54 bits per heavy atom. The van der Waals surface area contributed by atoms with Crippen molar-refractivity contribution in [1.29, 1.82) is 0 Å². The first kappa shape index (κ1) is 38.9. The Morgan fingerprint density at radius 1 is 0.271 bits per heavy atom. The van der Waals surface area contributed by atoms with Gasteiger partial charge in [-0.15, -0.1) is 0 Å². The van der Waals surface area contributed by atoms with Crippen LogP contribution in [0.1, 0.15) is 22.3 Å². The number of hydrogen-bond donors (Lipinski definition) is 0. The second-order valence-corrected chi connectivity index (χ2v) is 18.7. The molecule has 11 aromatic carbocycles. The Hall–Kier alpha value is -9.18. The van der Waals surface area contributed by atoms with Crippen molar-refractivity contribution < 1.29 is 8.83 Å². The van der Waals surface area contributed by atoms with E-state index in [1.54, 1.807) is 0 Å². The minimum absolute atomic E-state index is 0.659. The van der Waals surface area contributed by atoms with Crippen LogP contribution in [-0.2, 0) is 5.41 Å². The lowest BCUT2D eigenvalue weighted by atomic mass is 9.65. The van der Waals surface area contributed by atoms with E-state index in [-0.39, 0.29) is 0 Å². The van der Waals surface area contributed by atoms with Crippen LogP contribution in [0.5, 0.6) is 0 Å². The van der Waals surface area contributed by atoms with Crippen molar-refractivity contribution in [2.75, 3.05) is 4.90 Å². The molecule has 0 saturated heterocycles. The van der Waals surface area contributed by atoms with E-state index in [1.807, 2.05) is 12.1 Å². The largest absolute Gasteiger partial charge is 0.456 e. The molecule has 15 rings (SSSR count). The van der Waals surface area contributed by atoms with Crippen molar-refractivity contribution in [3.8, 4) is 55.6 Å². The van der Waals surface area contributed by atoms with Gasteiger partial charge in [-0.05, 0) is 121 Å². The van der Waals surface area contributed by atoms with Gasteiger partial charge in [-0.1, -0.05) is 194 Å². The highest BCUT2D eigenvalue weighted by Crippen LogP contribution is 2.63. The summed E-state index contributed by atoms with van der Waals surface area (Å²) in [4.78, 5) is 2.44. The van der Waals surface area contributed by atoms with Crippen molar-refractivity contribution in [3.63, 3.8) is 0 Å². The first-order chi connectivity index (χ1) is 34.7. The number of anilines is 3. The minimum atomic E-state index is -0.659. The highest BCUT2D eigenvalue weighted by Gasteiger charge is 2.50. The van der Waals surface area contributed by atoms with E-state index in [4.69, 9.17) is 8.83 Å². The quantitative estimate of drug-likeness (QED) is 0.172. The Morgan fingerprint density at radius 2 is 0.786 bits per heavy atom. The lowest BCUT2D eigenvalue weighted by Gasteiger charge is -2.36.